The maximum absolute atomic E-state index is 14.1. The molecule has 0 bridgehead atoms. The zero-order valence-electron chi connectivity index (χ0n) is 16.3. The zero-order chi connectivity index (χ0) is 20.1. The van der Waals surface area contributed by atoms with Crippen molar-refractivity contribution in [1.82, 2.24) is 9.55 Å². The minimum atomic E-state index is -2.57. The van der Waals surface area contributed by atoms with Gasteiger partial charge in [0.2, 0.25) is 5.95 Å². The van der Waals surface area contributed by atoms with Crippen molar-refractivity contribution in [2.75, 3.05) is 23.7 Å². The van der Waals surface area contributed by atoms with Crippen LogP contribution >= 0.6 is 0 Å². The Labute approximate surface area is 163 Å². The summed E-state index contributed by atoms with van der Waals surface area (Å²) in [5.41, 5.74) is 6.78. The van der Waals surface area contributed by atoms with Crippen molar-refractivity contribution in [3.8, 4) is 11.1 Å². The molecule has 1 aromatic heterocycles. The number of alkyl halides is 2. The van der Waals surface area contributed by atoms with Crippen LogP contribution in [0.3, 0.4) is 0 Å². The number of hydrogen-bond donors (Lipinski definition) is 1. The van der Waals surface area contributed by atoms with Gasteiger partial charge in [-0.3, -0.25) is 9.36 Å². The Morgan fingerprint density at radius 2 is 1.82 bits per heavy atom. The van der Waals surface area contributed by atoms with Gasteiger partial charge >= 0.3 is 0 Å². The van der Waals surface area contributed by atoms with Crippen LogP contribution in [-0.4, -0.2) is 28.6 Å². The topological polar surface area (TPSA) is 64.2 Å². The first kappa shape index (κ1) is 18.9. The number of anilines is 2. The SMILES string of the molecule is C[C@@H]1CC2(CCN(c3nc(N)c(-c4ccccc4)c(=O)n3C)CC2)CC1(F)F. The highest BCUT2D eigenvalue weighted by Crippen LogP contribution is 2.55. The van der Waals surface area contributed by atoms with Crippen molar-refractivity contribution in [2.45, 2.75) is 38.5 Å². The summed E-state index contributed by atoms with van der Waals surface area (Å²) in [7, 11) is 1.69. The summed E-state index contributed by atoms with van der Waals surface area (Å²) >= 11 is 0. The molecule has 7 heteroatoms. The second-order valence-corrected chi connectivity index (χ2v) is 8.43. The van der Waals surface area contributed by atoms with E-state index in [1.807, 2.05) is 35.2 Å². The molecule has 28 heavy (non-hydrogen) atoms. The Kier molecular flexibility index (Phi) is 4.43. The highest BCUT2D eigenvalue weighted by Gasteiger charge is 2.54. The lowest BCUT2D eigenvalue weighted by atomic mass is 9.76. The van der Waals surface area contributed by atoms with Crippen LogP contribution in [0.25, 0.3) is 11.1 Å². The van der Waals surface area contributed by atoms with E-state index >= 15 is 0 Å². The monoisotopic (exact) mass is 388 g/mol. The third-order valence-corrected chi connectivity index (χ3v) is 6.54. The summed E-state index contributed by atoms with van der Waals surface area (Å²) in [6.07, 6.45) is 1.90. The van der Waals surface area contributed by atoms with Crippen LogP contribution in [0.1, 0.15) is 32.6 Å². The van der Waals surface area contributed by atoms with Gasteiger partial charge in [0.05, 0.1) is 5.56 Å². The number of nitrogens with zero attached hydrogens (tertiary/aromatic N) is 3. The Morgan fingerprint density at radius 3 is 2.39 bits per heavy atom. The van der Waals surface area contributed by atoms with Crippen molar-refractivity contribution in [2.24, 2.45) is 18.4 Å². The number of halogens is 2. The van der Waals surface area contributed by atoms with Crippen LogP contribution in [0.15, 0.2) is 35.1 Å². The van der Waals surface area contributed by atoms with E-state index in [-0.39, 0.29) is 23.2 Å². The van der Waals surface area contributed by atoms with Crippen LogP contribution in [0.2, 0.25) is 0 Å². The van der Waals surface area contributed by atoms with Gasteiger partial charge in [-0.1, -0.05) is 37.3 Å². The zero-order valence-corrected chi connectivity index (χ0v) is 16.3. The van der Waals surface area contributed by atoms with Gasteiger partial charge in [0, 0.05) is 32.5 Å². The van der Waals surface area contributed by atoms with E-state index in [2.05, 4.69) is 4.98 Å². The van der Waals surface area contributed by atoms with Gasteiger partial charge in [-0.25, -0.2) is 8.78 Å². The maximum atomic E-state index is 14.1. The Balaban J connectivity index is 1.59. The van der Waals surface area contributed by atoms with Crippen molar-refractivity contribution >= 4 is 11.8 Å². The first-order chi connectivity index (χ1) is 13.2. The Bertz CT molecular complexity index is 933. The minimum absolute atomic E-state index is 0.0313. The quantitative estimate of drug-likeness (QED) is 0.852. The molecule has 1 aliphatic carbocycles. The normalized spacial score (nSPS) is 23.3. The van der Waals surface area contributed by atoms with Crippen molar-refractivity contribution < 1.29 is 8.78 Å². The lowest BCUT2D eigenvalue weighted by molar-refractivity contribution is -0.0381. The predicted octanol–water partition coefficient (Wildman–Crippen LogP) is 3.68. The first-order valence-corrected chi connectivity index (χ1v) is 9.77. The molecule has 4 rings (SSSR count). The van der Waals surface area contributed by atoms with Gasteiger partial charge < -0.3 is 10.6 Å². The molecular formula is C21H26F2N4O. The van der Waals surface area contributed by atoms with Gasteiger partial charge in [-0.15, -0.1) is 0 Å². The van der Waals surface area contributed by atoms with Gasteiger partial charge in [-0.2, -0.15) is 4.98 Å². The summed E-state index contributed by atoms with van der Waals surface area (Å²) in [6, 6.07) is 9.25. The molecule has 150 valence electrons. The molecule has 1 aliphatic heterocycles. The van der Waals surface area contributed by atoms with E-state index in [0.29, 0.717) is 43.9 Å². The fourth-order valence-electron chi connectivity index (χ4n) is 4.87. The van der Waals surface area contributed by atoms with Gasteiger partial charge in [0.25, 0.3) is 11.5 Å². The number of hydrogen-bond acceptors (Lipinski definition) is 4. The second-order valence-electron chi connectivity index (χ2n) is 8.43. The molecule has 2 N–H and O–H groups in total. The van der Waals surface area contributed by atoms with E-state index in [1.54, 1.807) is 14.0 Å². The third-order valence-electron chi connectivity index (χ3n) is 6.54. The van der Waals surface area contributed by atoms with E-state index in [0.717, 1.165) is 5.56 Å². The third kappa shape index (κ3) is 3.06. The molecule has 0 radical (unpaired) electrons. The fourth-order valence-corrected chi connectivity index (χ4v) is 4.87. The van der Waals surface area contributed by atoms with Crippen LogP contribution < -0.4 is 16.2 Å². The molecule has 2 aliphatic rings. The summed E-state index contributed by atoms with van der Waals surface area (Å²) < 4.78 is 29.7. The molecule has 1 saturated carbocycles. The lowest BCUT2D eigenvalue weighted by Gasteiger charge is -2.40. The summed E-state index contributed by atoms with van der Waals surface area (Å²) in [5.74, 6) is -2.43. The van der Waals surface area contributed by atoms with Crippen LogP contribution in [-0.2, 0) is 7.05 Å². The number of rotatable bonds is 2. The molecule has 2 heterocycles. The predicted molar refractivity (Wildman–Crippen MR) is 107 cm³/mol. The highest BCUT2D eigenvalue weighted by atomic mass is 19.3. The molecule has 0 unspecified atom stereocenters. The van der Waals surface area contributed by atoms with E-state index in [1.165, 1.54) is 4.57 Å². The number of benzene rings is 1. The van der Waals surface area contributed by atoms with Crippen molar-refractivity contribution in [3.05, 3.63) is 40.7 Å². The molecule has 1 atom stereocenters. The van der Waals surface area contributed by atoms with Crippen molar-refractivity contribution in [1.29, 1.82) is 0 Å². The molecule has 2 fully saturated rings. The molecule has 0 amide bonds. The largest absolute Gasteiger partial charge is 0.383 e. The highest BCUT2D eigenvalue weighted by molar-refractivity contribution is 5.73. The molecule has 1 saturated heterocycles. The smallest absolute Gasteiger partial charge is 0.264 e. The van der Waals surface area contributed by atoms with Crippen LogP contribution in [0, 0.1) is 11.3 Å². The second kappa shape index (κ2) is 6.57. The first-order valence-electron chi connectivity index (χ1n) is 9.77. The number of piperidine rings is 1. The van der Waals surface area contributed by atoms with E-state index < -0.39 is 11.8 Å². The molecule has 1 aromatic carbocycles. The molecular weight excluding hydrogens is 362 g/mol. The fraction of sp³-hybridized carbons (Fsp3) is 0.524. The van der Waals surface area contributed by atoms with Gasteiger partial charge in [0.15, 0.2) is 0 Å². The Hall–Kier alpha value is -2.44. The van der Waals surface area contributed by atoms with Crippen LogP contribution in [0.5, 0.6) is 0 Å². The summed E-state index contributed by atoms with van der Waals surface area (Å²) in [6.45, 7) is 2.86. The molecule has 1 spiro atoms. The lowest BCUT2D eigenvalue weighted by Crippen LogP contribution is -2.42. The number of nitrogens with two attached hydrogens (primary N) is 1. The summed E-state index contributed by atoms with van der Waals surface area (Å²) in [5, 5.41) is 0. The van der Waals surface area contributed by atoms with E-state index in [4.69, 9.17) is 5.73 Å². The average Bonchev–Trinajstić information content (AvgIpc) is 2.88. The summed E-state index contributed by atoms with van der Waals surface area (Å²) in [4.78, 5) is 19.5. The maximum Gasteiger partial charge on any atom is 0.264 e. The van der Waals surface area contributed by atoms with Gasteiger partial charge in [-0.05, 0) is 30.2 Å². The standard InChI is InChI=1S/C21H26F2N4O/c1-14-12-20(13-21(14,22)23)8-10-27(11-9-20)19-25-17(24)16(18(28)26(19)2)15-6-4-3-5-7-15/h3-7,14H,8-13,24H2,1-2H3/t14-/m1/s1. The van der Waals surface area contributed by atoms with E-state index in [9.17, 15) is 13.6 Å². The Morgan fingerprint density at radius 1 is 1.18 bits per heavy atom. The van der Waals surface area contributed by atoms with Crippen molar-refractivity contribution in [3.63, 3.8) is 0 Å². The molecule has 5 nitrogen and oxygen atoms in total. The number of nitrogen functional groups attached to an aromatic ring is 1. The minimum Gasteiger partial charge on any atom is -0.383 e. The average molecular weight is 388 g/mol. The van der Waals surface area contributed by atoms with Crippen LogP contribution in [0.4, 0.5) is 20.5 Å². The van der Waals surface area contributed by atoms with Gasteiger partial charge in [0.1, 0.15) is 5.82 Å². The molecule has 2 aromatic rings. The number of aromatic nitrogens is 2.